The van der Waals surface area contributed by atoms with Gasteiger partial charge in [-0.25, -0.2) is 5.10 Å². The number of nitrogens with one attached hydrogen (secondary N) is 1. The van der Waals surface area contributed by atoms with Gasteiger partial charge in [0.25, 0.3) is 0 Å². The van der Waals surface area contributed by atoms with Gasteiger partial charge in [0, 0.05) is 19.1 Å². The van der Waals surface area contributed by atoms with E-state index in [0.717, 1.165) is 25.5 Å². The van der Waals surface area contributed by atoms with Crippen LogP contribution in [0.2, 0.25) is 0 Å². The lowest BCUT2D eigenvalue weighted by atomic mass is 10.2. The summed E-state index contributed by atoms with van der Waals surface area (Å²) in [6.45, 7) is 10.4. The largest absolute Gasteiger partial charge is 0.339 e. The second-order valence-corrected chi connectivity index (χ2v) is 4.00. The highest BCUT2D eigenvalue weighted by Gasteiger charge is 2.16. The molecule has 0 bridgehead atoms. The summed E-state index contributed by atoms with van der Waals surface area (Å²) >= 11 is 5.18. The van der Waals surface area contributed by atoms with E-state index in [1.54, 1.807) is 0 Å². The van der Waals surface area contributed by atoms with Crippen molar-refractivity contribution in [3.05, 3.63) is 4.77 Å². The number of hydrogen-bond donors (Lipinski definition) is 1. The standard InChI is InChI=1S/C10H20N4S/c1-5-8(4)13(6-2)9-11-12-10(15)14(9)7-3/h8H,5-7H2,1-4H3,(H,12,15). The minimum Gasteiger partial charge on any atom is -0.339 e. The molecule has 0 spiro atoms. The lowest BCUT2D eigenvalue weighted by Crippen LogP contribution is -2.34. The number of nitrogens with zero attached hydrogens (tertiary/aromatic N) is 3. The van der Waals surface area contributed by atoms with Gasteiger partial charge in [0.2, 0.25) is 5.95 Å². The van der Waals surface area contributed by atoms with Crippen molar-refractivity contribution in [2.75, 3.05) is 11.4 Å². The van der Waals surface area contributed by atoms with Crippen molar-refractivity contribution < 1.29 is 0 Å². The Morgan fingerprint density at radius 1 is 1.47 bits per heavy atom. The van der Waals surface area contributed by atoms with Crippen LogP contribution in [0.25, 0.3) is 0 Å². The minimum absolute atomic E-state index is 0.491. The minimum atomic E-state index is 0.491. The molecule has 1 atom stereocenters. The average Bonchev–Trinajstić information content (AvgIpc) is 2.60. The Balaban J connectivity index is 3.06. The molecule has 1 unspecified atom stereocenters. The molecule has 4 nitrogen and oxygen atoms in total. The summed E-state index contributed by atoms with van der Waals surface area (Å²) in [5.74, 6) is 0.958. The maximum absolute atomic E-state index is 5.18. The van der Waals surface area contributed by atoms with Gasteiger partial charge in [-0.2, -0.15) is 0 Å². The maximum atomic E-state index is 5.18. The summed E-state index contributed by atoms with van der Waals surface area (Å²) in [6, 6.07) is 0.491. The molecule has 5 heteroatoms. The number of aromatic amines is 1. The van der Waals surface area contributed by atoms with Crippen molar-refractivity contribution in [2.24, 2.45) is 0 Å². The van der Waals surface area contributed by atoms with Crippen LogP contribution in [-0.2, 0) is 6.54 Å². The molecule has 0 saturated heterocycles. The monoisotopic (exact) mass is 228 g/mol. The fourth-order valence-electron chi connectivity index (χ4n) is 1.68. The van der Waals surface area contributed by atoms with Crippen LogP contribution in [0.4, 0.5) is 5.95 Å². The SMILES string of the molecule is CCC(C)N(CC)c1n[nH]c(=S)n1CC. The number of anilines is 1. The van der Waals surface area contributed by atoms with E-state index in [4.69, 9.17) is 12.2 Å². The normalized spacial score (nSPS) is 12.8. The summed E-state index contributed by atoms with van der Waals surface area (Å²) in [6.07, 6.45) is 1.11. The number of hydrogen-bond acceptors (Lipinski definition) is 3. The fourth-order valence-corrected chi connectivity index (χ4v) is 1.94. The van der Waals surface area contributed by atoms with Crippen molar-refractivity contribution >= 4 is 18.2 Å². The average molecular weight is 228 g/mol. The molecule has 0 aliphatic rings. The third-order valence-electron chi connectivity index (χ3n) is 2.77. The molecular formula is C10H20N4S. The first kappa shape index (κ1) is 12.2. The molecule has 1 rings (SSSR count). The second-order valence-electron chi connectivity index (χ2n) is 3.62. The third-order valence-corrected chi connectivity index (χ3v) is 3.09. The molecule has 0 aliphatic carbocycles. The van der Waals surface area contributed by atoms with Crippen molar-refractivity contribution in [3.8, 4) is 0 Å². The zero-order chi connectivity index (χ0) is 11.4. The highest BCUT2D eigenvalue weighted by Crippen LogP contribution is 2.15. The van der Waals surface area contributed by atoms with E-state index in [-0.39, 0.29) is 0 Å². The third kappa shape index (κ3) is 2.40. The molecule has 0 saturated carbocycles. The van der Waals surface area contributed by atoms with Crippen molar-refractivity contribution in [1.82, 2.24) is 14.8 Å². The smallest absolute Gasteiger partial charge is 0.225 e. The zero-order valence-electron chi connectivity index (χ0n) is 9.95. The van der Waals surface area contributed by atoms with Crippen LogP contribution in [0.1, 0.15) is 34.1 Å². The number of rotatable bonds is 5. The Kier molecular flexibility index (Phi) is 4.32. The van der Waals surface area contributed by atoms with Gasteiger partial charge < -0.3 is 4.90 Å². The first-order valence-electron chi connectivity index (χ1n) is 5.57. The predicted octanol–water partition coefficient (Wildman–Crippen LogP) is 2.59. The molecule has 86 valence electrons. The molecule has 1 aromatic heterocycles. The first-order valence-corrected chi connectivity index (χ1v) is 5.98. The lowest BCUT2D eigenvalue weighted by Gasteiger charge is -2.27. The van der Waals surface area contributed by atoms with Gasteiger partial charge in [-0.1, -0.05) is 6.92 Å². The van der Waals surface area contributed by atoms with E-state index < -0.39 is 0 Å². The van der Waals surface area contributed by atoms with Gasteiger partial charge in [0.05, 0.1) is 0 Å². The topological polar surface area (TPSA) is 36.9 Å². The fraction of sp³-hybridized carbons (Fsp3) is 0.800. The Bertz CT molecular complexity index is 355. The Hall–Kier alpha value is -0.840. The molecule has 0 aliphatic heterocycles. The van der Waals surface area contributed by atoms with Crippen LogP contribution in [-0.4, -0.2) is 27.4 Å². The molecule has 15 heavy (non-hydrogen) atoms. The summed E-state index contributed by atoms with van der Waals surface area (Å²) in [7, 11) is 0. The van der Waals surface area contributed by atoms with Crippen LogP contribution in [0.15, 0.2) is 0 Å². The van der Waals surface area contributed by atoms with Crippen LogP contribution >= 0.6 is 12.2 Å². The Labute approximate surface area is 96.3 Å². The molecule has 1 heterocycles. The van der Waals surface area contributed by atoms with Gasteiger partial charge in [-0.3, -0.25) is 4.57 Å². The van der Waals surface area contributed by atoms with Gasteiger partial charge in [-0.05, 0) is 39.4 Å². The molecule has 0 aromatic carbocycles. The van der Waals surface area contributed by atoms with Crippen molar-refractivity contribution in [1.29, 1.82) is 0 Å². The molecule has 0 radical (unpaired) electrons. The van der Waals surface area contributed by atoms with Gasteiger partial charge in [0.1, 0.15) is 0 Å². The highest BCUT2D eigenvalue weighted by atomic mass is 32.1. The van der Waals surface area contributed by atoms with E-state index in [1.165, 1.54) is 0 Å². The number of aromatic nitrogens is 3. The van der Waals surface area contributed by atoms with Gasteiger partial charge >= 0.3 is 0 Å². The maximum Gasteiger partial charge on any atom is 0.225 e. The van der Waals surface area contributed by atoms with Gasteiger partial charge in [0.15, 0.2) is 4.77 Å². The summed E-state index contributed by atoms with van der Waals surface area (Å²) in [5.41, 5.74) is 0. The van der Waals surface area contributed by atoms with E-state index in [1.807, 2.05) is 4.57 Å². The molecular weight excluding hydrogens is 208 g/mol. The van der Waals surface area contributed by atoms with Crippen LogP contribution < -0.4 is 4.90 Å². The van der Waals surface area contributed by atoms with E-state index in [9.17, 15) is 0 Å². The zero-order valence-corrected chi connectivity index (χ0v) is 10.8. The van der Waals surface area contributed by atoms with Crippen molar-refractivity contribution in [2.45, 2.75) is 46.7 Å². The predicted molar refractivity (Wildman–Crippen MR) is 65.9 cm³/mol. The van der Waals surface area contributed by atoms with Crippen LogP contribution in [0.3, 0.4) is 0 Å². The summed E-state index contributed by atoms with van der Waals surface area (Å²) < 4.78 is 2.74. The van der Waals surface area contributed by atoms with Crippen LogP contribution in [0, 0.1) is 4.77 Å². The molecule has 1 N–H and O–H groups in total. The van der Waals surface area contributed by atoms with E-state index in [0.29, 0.717) is 10.8 Å². The number of H-pyrrole nitrogens is 1. The lowest BCUT2D eigenvalue weighted by molar-refractivity contribution is 0.592. The quantitative estimate of drug-likeness (QED) is 0.787. The Morgan fingerprint density at radius 2 is 2.13 bits per heavy atom. The molecule has 0 amide bonds. The summed E-state index contributed by atoms with van der Waals surface area (Å²) in [4.78, 5) is 2.27. The second kappa shape index (κ2) is 5.30. The van der Waals surface area contributed by atoms with Crippen molar-refractivity contribution in [3.63, 3.8) is 0 Å². The van der Waals surface area contributed by atoms with Gasteiger partial charge in [-0.15, -0.1) is 5.10 Å². The van der Waals surface area contributed by atoms with E-state index >= 15 is 0 Å². The highest BCUT2D eigenvalue weighted by molar-refractivity contribution is 7.71. The summed E-state index contributed by atoms with van der Waals surface area (Å²) in [5, 5.41) is 7.15. The molecule has 1 aromatic rings. The molecule has 0 fully saturated rings. The first-order chi connectivity index (χ1) is 7.15. The van der Waals surface area contributed by atoms with Crippen LogP contribution in [0.5, 0.6) is 0 Å². The van der Waals surface area contributed by atoms with E-state index in [2.05, 4.69) is 42.8 Å². The Morgan fingerprint density at radius 3 is 2.60 bits per heavy atom.